The fourth-order valence-corrected chi connectivity index (χ4v) is 4.19. The summed E-state index contributed by atoms with van der Waals surface area (Å²) in [6.07, 6.45) is 3.52. The number of rotatable bonds is 2. The van der Waals surface area contributed by atoms with Crippen molar-refractivity contribution < 1.29 is 28.5 Å². The van der Waals surface area contributed by atoms with Crippen LogP contribution in [-0.4, -0.2) is 38.3 Å². The van der Waals surface area contributed by atoms with Crippen LogP contribution in [0, 0.1) is 0 Å². The molecule has 0 N–H and O–H groups in total. The molecule has 6 heteroatoms. The molecule has 3 aliphatic rings. The summed E-state index contributed by atoms with van der Waals surface area (Å²) in [5, 5.41) is 0. The Morgan fingerprint density at radius 1 is 1.07 bits per heavy atom. The van der Waals surface area contributed by atoms with Crippen LogP contribution in [0.3, 0.4) is 0 Å². The maximum absolute atomic E-state index is 13.5. The van der Waals surface area contributed by atoms with Gasteiger partial charge in [0.05, 0.1) is 31.3 Å². The first-order valence-corrected chi connectivity index (χ1v) is 9.56. The van der Waals surface area contributed by atoms with Crippen molar-refractivity contribution in [2.24, 2.45) is 0 Å². The first-order valence-electron chi connectivity index (χ1n) is 9.56. The van der Waals surface area contributed by atoms with E-state index < -0.39 is 17.6 Å². The maximum Gasteiger partial charge on any atom is 0.178 e. The number of ketones is 1. The van der Waals surface area contributed by atoms with Crippen molar-refractivity contribution in [1.29, 1.82) is 0 Å². The van der Waals surface area contributed by atoms with Gasteiger partial charge in [-0.15, -0.1) is 0 Å². The van der Waals surface area contributed by atoms with Gasteiger partial charge in [0.25, 0.3) is 0 Å². The molecule has 0 aromatic heterocycles. The standard InChI is InChI=1S/C23H22O6/c1-23(2)8-7-12-15(29-23)6-5-13-21(24)20-14-9-17(25-3)18(26-4)10-16(14)27-11-19(20)28-22(12)13/h5-10,19-20H,11H2,1-4H3/t19-,20+/m0/s1. The lowest BCUT2D eigenvalue weighted by molar-refractivity contribution is 0.0553. The van der Waals surface area contributed by atoms with E-state index in [-0.39, 0.29) is 12.4 Å². The van der Waals surface area contributed by atoms with Crippen LogP contribution in [0.2, 0.25) is 0 Å². The SMILES string of the molecule is COc1cc2c(cc1OC)[C@H]1C(=O)c3ccc4c(c3O[C@H]1CO2)C=CC(C)(C)O4. The second-order valence-corrected chi connectivity index (χ2v) is 7.95. The molecule has 2 atom stereocenters. The van der Waals surface area contributed by atoms with Gasteiger partial charge in [0, 0.05) is 11.6 Å². The number of carbonyl (C=O) groups is 1. The molecule has 150 valence electrons. The van der Waals surface area contributed by atoms with Gasteiger partial charge in [-0.05, 0) is 44.2 Å². The van der Waals surface area contributed by atoms with Crippen LogP contribution in [0.5, 0.6) is 28.7 Å². The first kappa shape index (κ1) is 17.9. The van der Waals surface area contributed by atoms with Gasteiger partial charge < -0.3 is 23.7 Å². The average Bonchev–Trinajstić information content (AvgIpc) is 2.71. The lowest BCUT2D eigenvalue weighted by Gasteiger charge is -2.38. The second-order valence-electron chi connectivity index (χ2n) is 7.95. The third-order valence-corrected chi connectivity index (χ3v) is 5.62. The van der Waals surface area contributed by atoms with Gasteiger partial charge in [-0.1, -0.05) is 0 Å². The highest BCUT2D eigenvalue weighted by atomic mass is 16.5. The Hall–Kier alpha value is -3.15. The van der Waals surface area contributed by atoms with Gasteiger partial charge in [0.2, 0.25) is 0 Å². The number of carbonyl (C=O) groups excluding carboxylic acids is 1. The molecule has 5 rings (SSSR count). The maximum atomic E-state index is 13.5. The van der Waals surface area contributed by atoms with E-state index in [1.807, 2.05) is 32.1 Å². The number of fused-ring (bicyclic) bond motifs is 6. The molecule has 0 saturated carbocycles. The fourth-order valence-electron chi connectivity index (χ4n) is 4.19. The molecule has 0 fully saturated rings. The Bertz CT molecular complexity index is 1050. The monoisotopic (exact) mass is 394 g/mol. The number of methoxy groups -OCH3 is 2. The van der Waals surface area contributed by atoms with Crippen molar-refractivity contribution in [2.75, 3.05) is 20.8 Å². The molecule has 0 amide bonds. The van der Waals surface area contributed by atoms with Gasteiger partial charge in [-0.3, -0.25) is 4.79 Å². The highest BCUT2D eigenvalue weighted by Gasteiger charge is 2.45. The largest absolute Gasteiger partial charge is 0.493 e. The van der Waals surface area contributed by atoms with E-state index in [0.29, 0.717) is 34.3 Å². The molecule has 0 radical (unpaired) electrons. The average molecular weight is 394 g/mol. The molecule has 29 heavy (non-hydrogen) atoms. The zero-order valence-electron chi connectivity index (χ0n) is 16.8. The topological polar surface area (TPSA) is 63.2 Å². The summed E-state index contributed by atoms with van der Waals surface area (Å²) in [7, 11) is 3.14. The van der Waals surface area contributed by atoms with Crippen LogP contribution in [0.25, 0.3) is 6.08 Å². The van der Waals surface area contributed by atoms with E-state index in [0.717, 1.165) is 11.1 Å². The minimum Gasteiger partial charge on any atom is -0.493 e. The normalized spacial score (nSPS) is 22.7. The molecule has 6 nitrogen and oxygen atoms in total. The molecule has 2 aromatic rings. The summed E-state index contributed by atoms with van der Waals surface area (Å²) in [5.41, 5.74) is 1.71. The number of ether oxygens (including phenoxy) is 5. The number of benzene rings is 2. The molecule has 2 aromatic carbocycles. The van der Waals surface area contributed by atoms with Gasteiger partial charge >= 0.3 is 0 Å². The minimum atomic E-state index is -0.464. The van der Waals surface area contributed by atoms with Crippen molar-refractivity contribution in [3.05, 3.63) is 47.0 Å². The molecule has 0 bridgehead atoms. The summed E-state index contributed by atoms with van der Waals surface area (Å²) < 4.78 is 29.0. The van der Waals surface area contributed by atoms with E-state index in [1.54, 1.807) is 32.4 Å². The van der Waals surface area contributed by atoms with Crippen LogP contribution in [0.4, 0.5) is 0 Å². The van der Waals surface area contributed by atoms with E-state index in [2.05, 4.69) is 0 Å². The Kier molecular flexibility index (Phi) is 3.81. The Morgan fingerprint density at radius 2 is 1.83 bits per heavy atom. The van der Waals surface area contributed by atoms with E-state index in [4.69, 9.17) is 23.7 Å². The smallest absolute Gasteiger partial charge is 0.178 e. The lowest BCUT2D eigenvalue weighted by atomic mass is 9.81. The van der Waals surface area contributed by atoms with Crippen molar-refractivity contribution in [3.63, 3.8) is 0 Å². The summed E-state index contributed by atoms with van der Waals surface area (Å²) in [5.74, 6) is 2.56. The fraction of sp³-hybridized carbons (Fsp3) is 0.348. The van der Waals surface area contributed by atoms with Crippen LogP contribution in [0.1, 0.15) is 41.3 Å². The number of Topliss-reactive ketones (excluding diaryl/α,β-unsaturated/α-hetero) is 1. The van der Waals surface area contributed by atoms with Crippen LogP contribution >= 0.6 is 0 Å². The number of hydrogen-bond acceptors (Lipinski definition) is 6. The van der Waals surface area contributed by atoms with Gasteiger partial charge in [-0.25, -0.2) is 0 Å². The van der Waals surface area contributed by atoms with Crippen molar-refractivity contribution in [3.8, 4) is 28.7 Å². The molecule has 0 spiro atoms. The Balaban J connectivity index is 1.61. The van der Waals surface area contributed by atoms with Crippen LogP contribution in [0.15, 0.2) is 30.3 Å². The highest BCUT2D eigenvalue weighted by Crippen LogP contribution is 2.49. The Morgan fingerprint density at radius 3 is 2.59 bits per heavy atom. The van der Waals surface area contributed by atoms with Crippen molar-refractivity contribution >= 4 is 11.9 Å². The third kappa shape index (κ3) is 2.66. The molecule has 0 unspecified atom stereocenters. The predicted molar refractivity (Wildman–Crippen MR) is 107 cm³/mol. The minimum absolute atomic E-state index is 0.00838. The van der Waals surface area contributed by atoms with Crippen molar-refractivity contribution in [2.45, 2.75) is 31.5 Å². The van der Waals surface area contributed by atoms with Crippen molar-refractivity contribution in [1.82, 2.24) is 0 Å². The Labute approximate surface area is 169 Å². The summed E-state index contributed by atoms with van der Waals surface area (Å²) in [4.78, 5) is 13.5. The first-order chi connectivity index (χ1) is 13.9. The van der Waals surface area contributed by atoms with E-state index >= 15 is 0 Å². The second kappa shape index (κ2) is 6.17. The third-order valence-electron chi connectivity index (χ3n) is 5.62. The quantitative estimate of drug-likeness (QED) is 0.767. The van der Waals surface area contributed by atoms with E-state index in [1.165, 1.54) is 0 Å². The molecule has 0 aliphatic carbocycles. The lowest BCUT2D eigenvalue weighted by Crippen LogP contribution is -2.43. The zero-order chi connectivity index (χ0) is 20.3. The van der Waals surface area contributed by atoms with Crippen LogP contribution in [-0.2, 0) is 0 Å². The van der Waals surface area contributed by atoms with Gasteiger partial charge in [-0.2, -0.15) is 0 Å². The predicted octanol–water partition coefficient (Wildman–Crippen LogP) is 4.01. The van der Waals surface area contributed by atoms with Gasteiger partial charge in [0.15, 0.2) is 17.3 Å². The highest BCUT2D eigenvalue weighted by molar-refractivity contribution is 6.06. The number of hydrogen-bond donors (Lipinski definition) is 0. The summed E-state index contributed by atoms with van der Waals surface area (Å²) in [6, 6.07) is 7.20. The zero-order valence-corrected chi connectivity index (χ0v) is 16.8. The molecular weight excluding hydrogens is 372 g/mol. The van der Waals surface area contributed by atoms with E-state index in [9.17, 15) is 4.79 Å². The molecule has 0 saturated heterocycles. The summed E-state index contributed by atoms with van der Waals surface area (Å²) >= 11 is 0. The van der Waals surface area contributed by atoms with Gasteiger partial charge in [0.1, 0.15) is 35.6 Å². The van der Waals surface area contributed by atoms with Crippen LogP contribution < -0.4 is 23.7 Å². The molecular formula is C23H22O6. The summed E-state index contributed by atoms with van der Waals surface area (Å²) in [6.45, 7) is 4.25. The molecule has 3 aliphatic heterocycles. The molecule has 3 heterocycles.